The van der Waals surface area contributed by atoms with Gasteiger partial charge in [0.25, 0.3) is 0 Å². The number of hydrogen-bond donors (Lipinski definition) is 2. The Labute approximate surface area is 184 Å². The SMILES string of the molecule is CCC(=O)Nc1ccc(NC(=O)CSc2nc3cc4c(cc3cc2C)OCO4)cc1C. The predicted molar refractivity (Wildman–Crippen MR) is 122 cm³/mol. The molecule has 31 heavy (non-hydrogen) atoms. The normalized spacial score (nSPS) is 12.1. The van der Waals surface area contributed by atoms with Crippen molar-refractivity contribution in [1.82, 2.24) is 4.98 Å². The van der Waals surface area contributed by atoms with E-state index in [1.807, 2.05) is 38.1 Å². The Morgan fingerprint density at radius 3 is 2.52 bits per heavy atom. The van der Waals surface area contributed by atoms with Crippen LogP contribution in [0.25, 0.3) is 10.9 Å². The molecule has 0 radical (unpaired) electrons. The molecule has 2 amide bonds. The molecule has 2 aromatic carbocycles. The highest BCUT2D eigenvalue weighted by atomic mass is 32.2. The van der Waals surface area contributed by atoms with Crippen LogP contribution in [0.1, 0.15) is 24.5 Å². The zero-order valence-corrected chi connectivity index (χ0v) is 18.4. The van der Waals surface area contributed by atoms with Crippen LogP contribution < -0.4 is 20.1 Å². The molecule has 2 N–H and O–H groups in total. The van der Waals surface area contributed by atoms with E-state index in [1.54, 1.807) is 19.1 Å². The molecule has 0 unspecified atom stereocenters. The van der Waals surface area contributed by atoms with E-state index in [0.717, 1.165) is 38.5 Å². The predicted octanol–water partition coefficient (Wildman–Crippen LogP) is 4.66. The van der Waals surface area contributed by atoms with Crippen LogP contribution in [-0.4, -0.2) is 29.3 Å². The number of nitrogens with one attached hydrogen (secondary N) is 2. The summed E-state index contributed by atoms with van der Waals surface area (Å²) in [5.74, 6) is 1.48. The molecular formula is C23H23N3O4S. The number of pyridine rings is 1. The van der Waals surface area contributed by atoms with Crippen LogP contribution >= 0.6 is 11.8 Å². The summed E-state index contributed by atoms with van der Waals surface area (Å²) in [6.45, 7) is 5.89. The zero-order chi connectivity index (χ0) is 22.0. The van der Waals surface area contributed by atoms with Crippen LogP contribution in [0.3, 0.4) is 0 Å². The number of anilines is 2. The molecular weight excluding hydrogens is 414 g/mol. The van der Waals surface area contributed by atoms with Gasteiger partial charge in [-0.15, -0.1) is 0 Å². The summed E-state index contributed by atoms with van der Waals surface area (Å²) in [4.78, 5) is 28.7. The molecule has 160 valence electrons. The van der Waals surface area contributed by atoms with E-state index >= 15 is 0 Å². The van der Waals surface area contributed by atoms with E-state index in [4.69, 9.17) is 14.5 Å². The molecule has 0 bridgehead atoms. The molecule has 0 saturated heterocycles. The number of nitrogens with zero attached hydrogens (tertiary/aromatic N) is 1. The van der Waals surface area contributed by atoms with Crippen molar-refractivity contribution in [2.45, 2.75) is 32.2 Å². The van der Waals surface area contributed by atoms with Crippen molar-refractivity contribution in [3.8, 4) is 11.5 Å². The van der Waals surface area contributed by atoms with E-state index in [-0.39, 0.29) is 24.4 Å². The summed E-state index contributed by atoms with van der Waals surface area (Å²) < 4.78 is 10.9. The highest BCUT2D eigenvalue weighted by Gasteiger charge is 2.16. The van der Waals surface area contributed by atoms with E-state index in [2.05, 4.69) is 10.6 Å². The van der Waals surface area contributed by atoms with Gasteiger partial charge in [-0.25, -0.2) is 4.98 Å². The first-order valence-electron chi connectivity index (χ1n) is 9.97. The number of amides is 2. The van der Waals surface area contributed by atoms with Gasteiger partial charge < -0.3 is 20.1 Å². The van der Waals surface area contributed by atoms with Crippen molar-refractivity contribution < 1.29 is 19.1 Å². The number of fused-ring (bicyclic) bond motifs is 2. The number of aryl methyl sites for hydroxylation is 2. The Bertz CT molecular complexity index is 1180. The van der Waals surface area contributed by atoms with Crippen molar-refractivity contribution in [3.05, 3.63) is 47.5 Å². The smallest absolute Gasteiger partial charge is 0.234 e. The van der Waals surface area contributed by atoms with Crippen LogP contribution in [-0.2, 0) is 9.59 Å². The maximum atomic E-state index is 12.5. The minimum Gasteiger partial charge on any atom is -0.454 e. The summed E-state index contributed by atoms with van der Waals surface area (Å²) >= 11 is 1.39. The first-order valence-corrected chi connectivity index (χ1v) is 11.0. The van der Waals surface area contributed by atoms with E-state index in [1.165, 1.54) is 11.8 Å². The van der Waals surface area contributed by atoms with Gasteiger partial charge in [0.1, 0.15) is 5.03 Å². The van der Waals surface area contributed by atoms with E-state index in [9.17, 15) is 9.59 Å². The number of thioether (sulfide) groups is 1. The number of ether oxygens (including phenoxy) is 2. The summed E-state index contributed by atoms with van der Waals surface area (Å²) in [6.07, 6.45) is 0.417. The third-order valence-electron chi connectivity index (χ3n) is 4.90. The van der Waals surface area contributed by atoms with Gasteiger partial charge in [0.05, 0.1) is 11.3 Å². The highest BCUT2D eigenvalue weighted by molar-refractivity contribution is 8.00. The molecule has 2 heterocycles. The monoisotopic (exact) mass is 437 g/mol. The van der Waals surface area contributed by atoms with Crippen molar-refractivity contribution in [3.63, 3.8) is 0 Å². The molecule has 4 rings (SSSR count). The van der Waals surface area contributed by atoms with Gasteiger partial charge in [0.2, 0.25) is 18.6 Å². The average molecular weight is 438 g/mol. The quantitative estimate of drug-likeness (QED) is 0.545. The molecule has 1 aromatic heterocycles. The topological polar surface area (TPSA) is 89.6 Å². The Morgan fingerprint density at radius 2 is 1.77 bits per heavy atom. The van der Waals surface area contributed by atoms with Gasteiger partial charge in [0, 0.05) is 29.2 Å². The van der Waals surface area contributed by atoms with Crippen molar-refractivity contribution >= 4 is 45.9 Å². The third-order valence-corrected chi connectivity index (χ3v) is 5.99. The first kappa shape index (κ1) is 21.0. The van der Waals surface area contributed by atoms with Gasteiger partial charge >= 0.3 is 0 Å². The van der Waals surface area contributed by atoms with E-state index < -0.39 is 0 Å². The maximum absolute atomic E-state index is 12.5. The second-order valence-electron chi connectivity index (χ2n) is 7.28. The van der Waals surface area contributed by atoms with Crippen molar-refractivity contribution in [2.24, 2.45) is 0 Å². The van der Waals surface area contributed by atoms with Crippen LogP contribution in [0.15, 0.2) is 41.4 Å². The fraction of sp³-hybridized carbons (Fsp3) is 0.261. The molecule has 0 spiro atoms. The largest absolute Gasteiger partial charge is 0.454 e. The molecule has 3 aromatic rings. The standard InChI is InChI=1S/C23H23N3O4S/c1-4-21(27)25-17-6-5-16(8-13(17)2)24-22(28)11-31-23-14(3)7-15-9-19-20(30-12-29-19)10-18(15)26-23/h5-10H,4,11-12H2,1-3H3,(H,24,28)(H,25,27). The highest BCUT2D eigenvalue weighted by Crippen LogP contribution is 2.37. The summed E-state index contributed by atoms with van der Waals surface area (Å²) in [6, 6.07) is 11.2. The maximum Gasteiger partial charge on any atom is 0.234 e. The number of carbonyl (C=O) groups excluding carboxylic acids is 2. The van der Waals surface area contributed by atoms with Crippen molar-refractivity contribution in [1.29, 1.82) is 0 Å². The lowest BCUT2D eigenvalue weighted by Crippen LogP contribution is -2.15. The lowest BCUT2D eigenvalue weighted by Gasteiger charge is -2.11. The molecule has 1 aliphatic rings. The molecule has 0 aliphatic carbocycles. The second-order valence-corrected chi connectivity index (χ2v) is 8.24. The number of aromatic nitrogens is 1. The Morgan fingerprint density at radius 1 is 1.00 bits per heavy atom. The molecule has 7 nitrogen and oxygen atoms in total. The summed E-state index contributed by atoms with van der Waals surface area (Å²) in [5, 5.41) is 7.52. The number of benzene rings is 2. The second kappa shape index (κ2) is 8.85. The Balaban J connectivity index is 1.41. The lowest BCUT2D eigenvalue weighted by atomic mass is 10.1. The first-order chi connectivity index (χ1) is 14.9. The Kier molecular flexibility index (Phi) is 5.99. The van der Waals surface area contributed by atoms with Crippen LogP contribution in [0.2, 0.25) is 0 Å². The molecule has 8 heteroatoms. The van der Waals surface area contributed by atoms with E-state index in [0.29, 0.717) is 17.9 Å². The number of hydrogen-bond acceptors (Lipinski definition) is 6. The van der Waals surface area contributed by atoms with Gasteiger partial charge in [-0.2, -0.15) is 0 Å². The zero-order valence-electron chi connectivity index (χ0n) is 17.6. The molecule has 0 saturated carbocycles. The Hall–Kier alpha value is -3.26. The van der Waals surface area contributed by atoms with Crippen molar-refractivity contribution in [2.75, 3.05) is 23.2 Å². The fourth-order valence-electron chi connectivity index (χ4n) is 3.25. The van der Waals surface area contributed by atoms with Crippen LogP contribution in [0, 0.1) is 13.8 Å². The average Bonchev–Trinajstić information content (AvgIpc) is 3.19. The minimum absolute atomic E-state index is 0.0430. The van der Waals surface area contributed by atoms with Gasteiger partial charge in [-0.05, 0) is 55.3 Å². The van der Waals surface area contributed by atoms with Gasteiger partial charge in [-0.1, -0.05) is 18.7 Å². The summed E-state index contributed by atoms with van der Waals surface area (Å²) in [7, 11) is 0. The molecule has 1 aliphatic heterocycles. The third kappa shape index (κ3) is 4.74. The van der Waals surface area contributed by atoms with Crippen LogP contribution in [0.4, 0.5) is 11.4 Å². The van der Waals surface area contributed by atoms with Crippen LogP contribution in [0.5, 0.6) is 11.5 Å². The van der Waals surface area contributed by atoms with Gasteiger partial charge in [-0.3, -0.25) is 9.59 Å². The lowest BCUT2D eigenvalue weighted by molar-refractivity contribution is -0.116. The summed E-state index contributed by atoms with van der Waals surface area (Å²) in [5.41, 5.74) is 4.12. The number of rotatable bonds is 6. The molecule has 0 fully saturated rings. The minimum atomic E-state index is -0.123. The number of carbonyl (C=O) groups is 2. The fourth-order valence-corrected chi connectivity index (χ4v) is 4.04. The van der Waals surface area contributed by atoms with Gasteiger partial charge in [0.15, 0.2) is 11.5 Å². The molecule has 0 atom stereocenters.